The minimum absolute atomic E-state index is 0.150. The predicted molar refractivity (Wildman–Crippen MR) is 67.9 cm³/mol. The van der Waals surface area contributed by atoms with Crippen molar-refractivity contribution in [3.05, 3.63) is 23.8 Å². The van der Waals surface area contributed by atoms with E-state index in [9.17, 15) is 9.59 Å². The zero-order valence-electron chi connectivity index (χ0n) is 10.8. The van der Waals surface area contributed by atoms with Crippen LogP contribution < -0.4 is 5.32 Å². The monoisotopic (exact) mass is 263 g/mol. The lowest BCUT2D eigenvalue weighted by molar-refractivity contribution is 0.0688. The van der Waals surface area contributed by atoms with Gasteiger partial charge in [0, 0.05) is 5.54 Å². The lowest BCUT2D eigenvalue weighted by Gasteiger charge is -2.34. The molecule has 1 amide bonds. The van der Waals surface area contributed by atoms with Crippen LogP contribution in [0.1, 0.15) is 60.0 Å². The van der Waals surface area contributed by atoms with Gasteiger partial charge in [0.25, 0.3) is 5.91 Å². The minimum atomic E-state index is -1.15. The molecule has 1 aliphatic carbocycles. The van der Waals surface area contributed by atoms with Crippen LogP contribution in [0.3, 0.4) is 0 Å². The van der Waals surface area contributed by atoms with Crippen LogP contribution in [-0.2, 0) is 0 Å². The Balaban J connectivity index is 2.05. The average molecular weight is 263 g/mol. The Morgan fingerprint density at radius 1 is 1.16 bits per heavy atom. The van der Waals surface area contributed by atoms with Gasteiger partial charge in [0.1, 0.15) is 5.69 Å². The number of carboxylic acid groups (broad SMARTS) is 1. The maximum atomic E-state index is 12.0. The van der Waals surface area contributed by atoms with Gasteiger partial charge < -0.3 is 10.4 Å². The second kappa shape index (κ2) is 5.34. The number of nitrogens with one attached hydrogen (secondary N) is 1. The van der Waals surface area contributed by atoms with E-state index in [1.54, 1.807) is 0 Å². The van der Waals surface area contributed by atoms with Crippen molar-refractivity contribution in [3.8, 4) is 0 Å². The van der Waals surface area contributed by atoms with Gasteiger partial charge in [-0.15, -0.1) is 0 Å². The van der Waals surface area contributed by atoms with E-state index in [4.69, 9.17) is 5.11 Å². The van der Waals surface area contributed by atoms with Crippen LogP contribution >= 0.6 is 0 Å². The Labute approximate surface area is 111 Å². The molecule has 19 heavy (non-hydrogen) atoms. The molecule has 1 aliphatic rings. The molecule has 0 aliphatic heterocycles. The molecule has 1 aromatic rings. The predicted octanol–water partition coefficient (Wildman–Crippen LogP) is 1.63. The fourth-order valence-electron chi connectivity index (χ4n) is 2.35. The third-order valence-electron chi connectivity index (χ3n) is 3.48. The first kappa shape index (κ1) is 13.5. The standard InChI is InChI=1S/C13H17N3O3/c1-13(5-3-2-4-6-13)16-11(17)9-7-15-10(8-14-9)12(18)19/h7-8H,2-6H2,1H3,(H,16,17)(H,18,19). The third kappa shape index (κ3) is 3.27. The summed E-state index contributed by atoms with van der Waals surface area (Å²) in [7, 11) is 0. The van der Waals surface area contributed by atoms with Crippen molar-refractivity contribution in [2.75, 3.05) is 0 Å². The molecule has 0 aromatic carbocycles. The van der Waals surface area contributed by atoms with Gasteiger partial charge in [0.15, 0.2) is 5.69 Å². The molecule has 0 atom stereocenters. The maximum absolute atomic E-state index is 12.0. The van der Waals surface area contributed by atoms with Crippen LogP contribution in [-0.4, -0.2) is 32.5 Å². The highest BCUT2D eigenvalue weighted by molar-refractivity contribution is 5.93. The molecule has 1 fully saturated rings. The summed E-state index contributed by atoms with van der Waals surface area (Å²) < 4.78 is 0. The smallest absolute Gasteiger partial charge is 0.356 e. The second-order valence-corrected chi connectivity index (χ2v) is 5.17. The largest absolute Gasteiger partial charge is 0.476 e. The number of aromatic carboxylic acids is 1. The van der Waals surface area contributed by atoms with Gasteiger partial charge in [-0.05, 0) is 19.8 Å². The fraction of sp³-hybridized carbons (Fsp3) is 0.538. The average Bonchev–Trinajstić information content (AvgIpc) is 2.39. The van der Waals surface area contributed by atoms with E-state index in [0.717, 1.165) is 31.9 Å². The lowest BCUT2D eigenvalue weighted by Crippen LogP contribution is -2.47. The molecule has 0 saturated heterocycles. The molecule has 6 nitrogen and oxygen atoms in total. The van der Waals surface area contributed by atoms with Crippen molar-refractivity contribution >= 4 is 11.9 Å². The first-order valence-corrected chi connectivity index (χ1v) is 6.38. The maximum Gasteiger partial charge on any atom is 0.356 e. The van der Waals surface area contributed by atoms with Gasteiger partial charge in [0.2, 0.25) is 0 Å². The van der Waals surface area contributed by atoms with E-state index in [2.05, 4.69) is 15.3 Å². The summed E-state index contributed by atoms with van der Waals surface area (Å²) in [4.78, 5) is 30.2. The summed E-state index contributed by atoms with van der Waals surface area (Å²) in [5.74, 6) is -1.45. The molecule has 1 saturated carbocycles. The lowest BCUT2D eigenvalue weighted by atomic mass is 9.83. The number of aromatic nitrogens is 2. The van der Waals surface area contributed by atoms with E-state index < -0.39 is 5.97 Å². The molecule has 0 spiro atoms. The number of amides is 1. The Kier molecular flexibility index (Phi) is 3.78. The number of hydrogen-bond donors (Lipinski definition) is 2. The first-order valence-electron chi connectivity index (χ1n) is 6.38. The van der Waals surface area contributed by atoms with E-state index >= 15 is 0 Å². The second-order valence-electron chi connectivity index (χ2n) is 5.17. The summed E-state index contributed by atoms with van der Waals surface area (Å²) in [6, 6.07) is 0. The molecule has 2 rings (SSSR count). The molecule has 0 radical (unpaired) electrons. The molecule has 1 aromatic heterocycles. The number of carboxylic acids is 1. The van der Waals surface area contributed by atoms with E-state index in [1.807, 2.05) is 6.92 Å². The molecular weight excluding hydrogens is 246 g/mol. The number of nitrogens with zero attached hydrogens (tertiary/aromatic N) is 2. The highest BCUT2D eigenvalue weighted by Gasteiger charge is 2.29. The fourth-order valence-corrected chi connectivity index (χ4v) is 2.35. The summed E-state index contributed by atoms with van der Waals surface area (Å²) >= 11 is 0. The first-order chi connectivity index (χ1) is 9.00. The van der Waals surface area contributed by atoms with Crippen LogP contribution in [0.4, 0.5) is 0 Å². The zero-order chi connectivity index (χ0) is 13.9. The van der Waals surface area contributed by atoms with E-state index in [-0.39, 0.29) is 22.8 Å². The van der Waals surface area contributed by atoms with E-state index in [0.29, 0.717) is 0 Å². The number of hydrogen-bond acceptors (Lipinski definition) is 4. The molecule has 102 valence electrons. The third-order valence-corrected chi connectivity index (χ3v) is 3.48. The van der Waals surface area contributed by atoms with Crippen LogP contribution in [0.2, 0.25) is 0 Å². The zero-order valence-corrected chi connectivity index (χ0v) is 10.8. The molecule has 0 bridgehead atoms. The number of carbonyl (C=O) groups is 2. The van der Waals surface area contributed by atoms with Gasteiger partial charge in [-0.1, -0.05) is 19.3 Å². The Morgan fingerprint density at radius 2 is 1.74 bits per heavy atom. The topological polar surface area (TPSA) is 92.2 Å². The molecular formula is C13H17N3O3. The van der Waals surface area contributed by atoms with Crippen molar-refractivity contribution < 1.29 is 14.7 Å². The van der Waals surface area contributed by atoms with Gasteiger partial charge >= 0.3 is 5.97 Å². The molecule has 0 unspecified atom stereocenters. The van der Waals surface area contributed by atoms with Crippen molar-refractivity contribution in [1.82, 2.24) is 15.3 Å². The van der Waals surface area contributed by atoms with Crippen LogP contribution in [0, 0.1) is 0 Å². The van der Waals surface area contributed by atoms with Gasteiger partial charge in [-0.25, -0.2) is 14.8 Å². The Hall–Kier alpha value is -1.98. The highest BCUT2D eigenvalue weighted by Crippen LogP contribution is 2.27. The van der Waals surface area contributed by atoms with Crippen LogP contribution in [0.5, 0.6) is 0 Å². The molecule has 2 N–H and O–H groups in total. The normalized spacial score (nSPS) is 17.7. The SMILES string of the molecule is CC1(NC(=O)c2cnc(C(=O)O)cn2)CCCCC1. The minimum Gasteiger partial charge on any atom is -0.476 e. The summed E-state index contributed by atoms with van der Waals surface area (Å²) in [5, 5.41) is 11.7. The molecule has 1 heterocycles. The van der Waals surface area contributed by atoms with Gasteiger partial charge in [0.05, 0.1) is 12.4 Å². The van der Waals surface area contributed by atoms with Crippen molar-refractivity contribution in [2.24, 2.45) is 0 Å². The number of carbonyl (C=O) groups excluding carboxylic acids is 1. The van der Waals surface area contributed by atoms with Crippen LogP contribution in [0.25, 0.3) is 0 Å². The van der Waals surface area contributed by atoms with Crippen molar-refractivity contribution in [3.63, 3.8) is 0 Å². The Bertz CT molecular complexity index is 478. The van der Waals surface area contributed by atoms with Gasteiger partial charge in [-0.3, -0.25) is 4.79 Å². The number of rotatable bonds is 3. The van der Waals surface area contributed by atoms with E-state index in [1.165, 1.54) is 12.6 Å². The van der Waals surface area contributed by atoms with Crippen LogP contribution in [0.15, 0.2) is 12.4 Å². The van der Waals surface area contributed by atoms with Crippen molar-refractivity contribution in [1.29, 1.82) is 0 Å². The summed E-state index contributed by atoms with van der Waals surface area (Å²) in [6.07, 6.45) is 7.64. The van der Waals surface area contributed by atoms with Crippen molar-refractivity contribution in [2.45, 2.75) is 44.6 Å². The Morgan fingerprint density at radius 3 is 2.26 bits per heavy atom. The summed E-state index contributed by atoms with van der Waals surface area (Å²) in [5.41, 5.74) is -0.208. The highest BCUT2D eigenvalue weighted by atomic mass is 16.4. The molecule has 6 heteroatoms. The summed E-state index contributed by atoms with van der Waals surface area (Å²) in [6.45, 7) is 2.03. The van der Waals surface area contributed by atoms with Gasteiger partial charge in [-0.2, -0.15) is 0 Å². The quantitative estimate of drug-likeness (QED) is 0.864.